The first-order chi connectivity index (χ1) is 7.60. The SMILES string of the molecule is CC/C=C(\C(C)=O)c1cc(Cl)ccc1NC. The number of nitrogens with one attached hydrogen (secondary N) is 1. The van der Waals surface area contributed by atoms with E-state index in [-0.39, 0.29) is 5.78 Å². The molecule has 0 aliphatic heterocycles. The molecule has 1 aromatic rings. The number of ketones is 1. The second-order valence-corrected chi connectivity index (χ2v) is 3.96. The fraction of sp³-hybridized carbons (Fsp3) is 0.308. The molecule has 0 atom stereocenters. The van der Waals surface area contributed by atoms with E-state index in [2.05, 4.69) is 5.32 Å². The maximum atomic E-state index is 11.6. The van der Waals surface area contributed by atoms with Crippen LogP contribution in [0.15, 0.2) is 24.3 Å². The highest BCUT2D eigenvalue weighted by Gasteiger charge is 2.11. The summed E-state index contributed by atoms with van der Waals surface area (Å²) in [5.41, 5.74) is 2.50. The van der Waals surface area contributed by atoms with Crippen LogP contribution in [0.2, 0.25) is 5.02 Å². The van der Waals surface area contributed by atoms with E-state index in [1.165, 1.54) is 0 Å². The Morgan fingerprint density at radius 1 is 1.50 bits per heavy atom. The summed E-state index contributed by atoms with van der Waals surface area (Å²) in [7, 11) is 1.83. The molecule has 1 rings (SSSR count). The maximum Gasteiger partial charge on any atom is 0.160 e. The van der Waals surface area contributed by atoms with Gasteiger partial charge in [-0.15, -0.1) is 0 Å². The van der Waals surface area contributed by atoms with Gasteiger partial charge in [0.25, 0.3) is 0 Å². The van der Waals surface area contributed by atoms with Crippen molar-refractivity contribution in [3.05, 3.63) is 34.9 Å². The average Bonchev–Trinajstić information content (AvgIpc) is 2.25. The number of rotatable bonds is 4. The normalized spacial score (nSPS) is 11.4. The minimum absolute atomic E-state index is 0.0561. The fourth-order valence-electron chi connectivity index (χ4n) is 1.60. The van der Waals surface area contributed by atoms with Crippen LogP contribution in [-0.4, -0.2) is 12.8 Å². The van der Waals surface area contributed by atoms with Crippen LogP contribution >= 0.6 is 11.6 Å². The Bertz CT molecular complexity index is 424. The van der Waals surface area contributed by atoms with Crippen LogP contribution in [0.25, 0.3) is 5.57 Å². The van der Waals surface area contributed by atoms with Crippen LogP contribution < -0.4 is 5.32 Å². The van der Waals surface area contributed by atoms with E-state index < -0.39 is 0 Å². The number of benzene rings is 1. The van der Waals surface area contributed by atoms with Crippen LogP contribution in [0, 0.1) is 0 Å². The van der Waals surface area contributed by atoms with Gasteiger partial charge in [-0.3, -0.25) is 4.79 Å². The second-order valence-electron chi connectivity index (χ2n) is 3.52. The van der Waals surface area contributed by atoms with Gasteiger partial charge < -0.3 is 5.32 Å². The molecule has 0 saturated carbocycles. The Labute approximate surface area is 101 Å². The molecular weight excluding hydrogens is 222 g/mol. The van der Waals surface area contributed by atoms with Gasteiger partial charge in [0, 0.05) is 28.9 Å². The molecule has 0 heterocycles. The van der Waals surface area contributed by atoms with Crippen LogP contribution in [-0.2, 0) is 4.79 Å². The third-order valence-corrected chi connectivity index (χ3v) is 2.56. The first-order valence-electron chi connectivity index (χ1n) is 5.29. The number of carbonyl (C=O) groups excluding carboxylic acids is 1. The van der Waals surface area contributed by atoms with Crippen molar-refractivity contribution in [3.63, 3.8) is 0 Å². The zero-order valence-electron chi connectivity index (χ0n) is 9.80. The van der Waals surface area contributed by atoms with E-state index in [1.807, 2.05) is 32.2 Å². The number of Topliss-reactive ketones (excluding diaryl/α,β-unsaturated/α-hetero) is 1. The molecule has 0 aliphatic rings. The van der Waals surface area contributed by atoms with E-state index in [1.54, 1.807) is 13.0 Å². The van der Waals surface area contributed by atoms with Gasteiger partial charge in [0.2, 0.25) is 0 Å². The monoisotopic (exact) mass is 237 g/mol. The fourth-order valence-corrected chi connectivity index (χ4v) is 1.78. The van der Waals surface area contributed by atoms with E-state index in [9.17, 15) is 4.79 Å². The van der Waals surface area contributed by atoms with Crippen LogP contribution in [0.3, 0.4) is 0 Å². The molecule has 0 saturated heterocycles. The van der Waals surface area contributed by atoms with Crippen LogP contribution in [0.4, 0.5) is 5.69 Å². The smallest absolute Gasteiger partial charge is 0.160 e. The van der Waals surface area contributed by atoms with Crippen LogP contribution in [0.1, 0.15) is 25.8 Å². The van der Waals surface area contributed by atoms with Crippen molar-refractivity contribution >= 4 is 28.6 Å². The quantitative estimate of drug-likeness (QED) is 0.808. The Morgan fingerprint density at radius 3 is 2.69 bits per heavy atom. The molecule has 16 heavy (non-hydrogen) atoms. The zero-order chi connectivity index (χ0) is 12.1. The Balaban J connectivity index is 3.33. The van der Waals surface area contributed by atoms with Crippen LogP contribution in [0.5, 0.6) is 0 Å². The van der Waals surface area contributed by atoms with E-state index in [0.717, 1.165) is 17.7 Å². The van der Waals surface area contributed by atoms with Crippen molar-refractivity contribution in [1.82, 2.24) is 0 Å². The highest BCUT2D eigenvalue weighted by atomic mass is 35.5. The molecule has 0 aromatic heterocycles. The molecule has 0 amide bonds. The molecule has 1 aromatic carbocycles. The summed E-state index contributed by atoms with van der Waals surface area (Å²) in [6, 6.07) is 5.50. The van der Waals surface area contributed by atoms with Gasteiger partial charge in [-0.2, -0.15) is 0 Å². The number of carbonyl (C=O) groups is 1. The number of halogens is 1. The maximum absolute atomic E-state index is 11.6. The predicted molar refractivity (Wildman–Crippen MR) is 69.9 cm³/mol. The lowest BCUT2D eigenvalue weighted by Crippen LogP contribution is -2.01. The summed E-state index contributed by atoms with van der Waals surface area (Å²) in [6.07, 6.45) is 2.75. The highest BCUT2D eigenvalue weighted by Crippen LogP contribution is 2.28. The van der Waals surface area contributed by atoms with Gasteiger partial charge in [0.1, 0.15) is 0 Å². The van der Waals surface area contributed by atoms with Gasteiger partial charge >= 0.3 is 0 Å². The lowest BCUT2D eigenvalue weighted by Gasteiger charge is -2.11. The standard InChI is InChI=1S/C13H16ClNO/c1-4-5-11(9(2)16)12-8-10(14)6-7-13(12)15-3/h5-8,15H,4H2,1-3H3/b11-5+. The molecule has 2 nitrogen and oxygen atoms in total. The molecule has 0 fully saturated rings. The summed E-state index contributed by atoms with van der Waals surface area (Å²) in [5, 5.41) is 3.70. The van der Waals surface area contributed by atoms with E-state index in [4.69, 9.17) is 11.6 Å². The molecule has 86 valence electrons. The van der Waals surface area contributed by atoms with Gasteiger partial charge in [-0.05, 0) is 31.5 Å². The molecule has 3 heteroatoms. The van der Waals surface area contributed by atoms with Gasteiger partial charge in [-0.25, -0.2) is 0 Å². The largest absolute Gasteiger partial charge is 0.388 e. The average molecular weight is 238 g/mol. The summed E-state index contributed by atoms with van der Waals surface area (Å²) < 4.78 is 0. The Morgan fingerprint density at radius 2 is 2.19 bits per heavy atom. The topological polar surface area (TPSA) is 29.1 Å². The van der Waals surface area contributed by atoms with Crippen molar-refractivity contribution in [2.45, 2.75) is 20.3 Å². The number of hydrogen-bond donors (Lipinski definition) is 1. The summed E-state index contributed by atoms with van der Waals surface area (Å²) in [6.45, 7) is 3.58. The van der Waals surface area contributed by atoms with Crippen molar-refractivity contribution in [2.75, 3.05) is 12.4 Å². The van der Waals surface area contributed by atoms with Gasteiger partial charge in [0.15, 0.2) is 5.78 Å². The van der Waals surface area contributed by atoms with Gasteiger partial charge in [0.05, 0.1) is 0 Å². The molecule has 0 spiro atoms. The van der Waals surface area contributed by atoms with Crippen molar-refractivity contribution in [1.29, 1.82) is 0 Å². The number of hydrogen-bond acceptors (Lipinski definition) is 2. The van der Waals surface area contributed by atoms with Crippen molar-refractivity contribution in [3.8, 4) is 0 Å². The first-order valence-corrected chi connectivity index (χ1v) is 5.66. The lowest BCUT2D eigenvalue weighted by molar-refractivity contribution is -0.111. The third kappa shape index (κ3) is 2.86. The number of anilines is 1. The highest BCUT2D eigenvalue weighted by molar-refractivity contribution is 6.31. The molecule has 0 unspecified atom stereocenters. The summed E-state index contributed by atoms with van der Waals surface area (Å²) >= 11 is 5.96. The molecule has 0 aliphatic carbocycles. The third-order valence-electron chi connectivity index (χ3n) is 2.33. The molecule has 1 N–H and O–H groups in total. The zero-order valence-corrected chi connectivity index (χ0v) is 10.6. The minimum atomic E-state index is 0.0561. The Hall–Kier alpha value is -1.28. The van der Waals surface area contributed by atoms with E-state index >= 15 is 0 Å². The summed E-state index contributed by atoms with van der Waals surface area (Å²) in [4.78, 5) is 11.6. The molecular formula is C13H16ClNO. The van der Waals surface area contributed by atoms with E-state index in [0.29, 0.717) is 10.6 Å². The van der Waals surface area contributed by atoms with Gasteiger partial charge in [-0.1, -0.05) is 24.6 Å². The van der Waals surface area contributed by atoms with Crippen molar-refractivity contribution < 1.29 is 4.79 Å². The van der Waals surface area contributed by atoms with Crippen molar-refractivity contribution in [2.24, 2.45) is 0 Å². The lowest BCUT2D eigenvalue weighted by atomic mass is 9.99. The number of allylic oxidation sites excluding steroid dienone is 2. The second kappa shape index (κ2) is 5.71. The Kier molecular flexibility index (Phi) is 4.56. The molecule has 0 bridgehead atoms. The molecule has 0 radical (unpaired) electrons. The summed E-state index contributed by atoms with van der Waals surface area (Å²) in [5.74, 6) is 0.0561. The minimum Gasteiger partial charge on any atom is -0.388 e. The predicted octanol–water partition coefficient (Wildman–Crippen LogP) is 3.76. The first kappa shape index (κ1) is 12.8.